The van der Waals surface area contributed by atoms with Crippen LogP contribution in [0.25, 0.3) is 10.9 Å². The zero-order chi connectivity index (χ0) is 18.3. The number of para-hydroxylation sites is 1. The molecule has 0 bridgehead atoms. The van der Waals surface area contributed by atoms with Gasteiger partial charge in [0.15, 0.2) is 0 Å². The number of amides is 1. The van der Waals surface area contributed by atoms with Gasteiger partial charge >= 0.3 is 6.09 Å². The predicted octanol–water partition coefficient (Wildman–Crippen LogP) is 3.38. The van der Waals surface area contributed by atoms with Crippen molar-refractivity contribution in [3.63, 3.8) is 0 Å². The Labute approximate surface area is 155 Å². The zero-order valence-corrected chi connectivity index (χ0v) is 16.0. The molecule has 0 saturated carbocycles. The molecule has 26 heavy (non-hydrogen) atoms. The number of nitrogens with zero attached hydrogens (tertiary/aromatic N) is 2. The van der Waals surface area contributed by atoms with Crippen molar-refractivity contribution in [2.45, 2.75) is 51.2 Å². The Morgan fingerprint density at radius 3 is 2.73 bits per heavy atom. The summed E-state index contributed by atoms with van der Waals surface area (Å²) in [6, 6.07) is 8.83. The van der Waals surface area contributed by atoms with Crippen LogP contribution in [0.5, 0.6) is 0 Å². The number of rotatable bonds is 4. The van der Waals surface area contributed by atoms with E-state index in [1.807, 2.05) is 0 Å². The topological polar surface area (TPSA) is 46.5 Å². The van der Waals surface area contributed by atoms with E-state index in [1.165, 1.54) is 22.2 Å². The largest absolute Gasteiger partial charge is 0.441 e. The van der Waals surface area contributed by atoms with Crippen LogP contribution in [0, 0.1) is 6.92 Å². The molecule has 4 rings (SSSR count). The zero-order valence-electron chi connectivity index (χ0n) is 16.0. The smallest absolute Gasteiger partial charge is 0.408 e. The maximum Gasteiger partial charge on any atom is 0.408 e. The molecule has 2 aliphatic heterocycles. The van der Waals surface area contributed by atoms with Crippen molar-refractivity contribution in [1.82, 2.24) is 14.8 Å². The minimum Gasteiger partial charge on any atom is -0.441 e. The summed E-state index contributed by atoms with van der Waals surface area (Å²) in [5.41, 5.74) is 3.85. The maximum absolute atomic E-state index is 11.7. The Morgan fingerprint density at radius 1 is 1.27 bits per heavy atom. The highest BCUT2D eigenvalue weighted by molar-refractivity contribution is 5.85. The highest BCUT2D eigenvalue weighted by atomic mass is 16.6. The summed E-state index contributed by atoms with van der Waals surface area (Å²) >= 11 is 0. The number of hydrogen-bond donors (Lipinski definition) is 1. The number of hydrogen-bond acceptors (Lipinski definition) is 3. The first-order valence-corrected chi connectivity index (χ1v) is 9.79. The maximum atomic E-state index is 11.7. The highest BCUT2D eigenvalue weighted by Gasteiger charge is 2.49. The van der Waals surface area contributed by atoms with Crippen molar-refractivity contribution in [3.8, 4) is 0 Å². The van der Waals surface area contributed by atoms with Gasteiger partial charge in [0, 0.05) is 56.1 Å². The van der Waals surface area contributed by atoms with Gasteiger partial charge in [-0.1, -0.05) is 25.1 Å². The summed E-state index contributed by atoms with van der Waals surface area (Å²) in [4.78, 5) is 14.2. The van der Waals surface area contributed by atoms with Crippen molar-refractivity contribution in [2.24, 2.45) is 7.05 Å². The molecule has 0 aliphatic carbocycles. The standard InChI is InChI=1S/C21H29N3O2/c1-4-19-21(26-20(25)22-19)10-13-24(14-11-21)12-9-16-15(2)23(3)18-8-6-5-7-17(16)18/h5-8,19H,4,9-14H2,1-3H3,(H,22,25). The molecule has 3 heterocycles. The Hall–Kier alpha value is -2.01. The third-order valence-electron chi connectivity index (χ3n) is 6.54. The molecule has 140 valence electrons. The number of aromatic nitrogens is 1. The average Bonchev–Trinajstić information content (AvgIpc) is 3.09. The molecule has 1 aromatic heterocycles. The molecule has 2 aromatic rings. The number of aryl methyl sites for hydroxylation is 1. The van der Waals surface area contributed by atoms with Gasteiger partial charge in [0.05, 0.1) is 6.04 Å². The number of nitrogens with one attached hydrogen (secondary N) is 1. The van der Waals surface area contributed by atoms with E-state index in [1.54, 1.807) is 0 Å². The van der Waals surface area contributed by atoms with E-state index in [2.05, 4.69) is 59.9 Å². The molecule has 1 aromatic carbocycles. The van der Waals surface area contributed by atoms with Crippen LogP contribution in [-0.4, -0.2) is 46.8 Å². The second kappa shape index (κ2) is 6.62. The average molecular weight is 355 g/mol. The van der Waals surface area contributed by atoms with E-state index in [4.69, 9.17) is 4.74 Å². The number of piperidine rings is 1. The van der Waals surface area contributed by atoms with Gasteiger partial charge in [0.1, 0.15) is 5.60 Å². The van der Waals surface area contributed by atoms with Crippen molar-refractivity contribution in [3.05, 3.63) is 35.5 Å². The molecule has 1 N–H and O–H groups in total. The molecule has 5 heteroatoms. The van der Waals surface area contributed by atoms with E-state index in [-0.39, 0.29) is 17.7 Å². The van der Waals surface area contributed by atoms with Gasteiger partial charge in [-0.25, -0.2) is 4.79 Å². The fraction of sp³-hybridized carbons (Fsp3) is 0.571. The molecule has 1 atom stereocenters. The highest BCUT2D eigenvalue weighted by Crippen LogP contribution is 2.35. The van der Waals surface area contributed by atoms with E-state index in [0.29, 0.717) is 0 Å². The molecule has 1 unspecified atom stereocenters. The summed E-state index contributed by atoms with van der Waals surface area (Å²) < 4.78 is 8.00. The first-order chi connectivity index (χ1) is 12.5. The molecule has 0 radical (unpaired) electrons. The Kier molecular flexibility index (Phi) is 4.43. The molecule has 1 amide bonds. The van der Waals surface area contributed by atoms with E-state index >= 15 is 0 Å². The van der Waals surface area contributed by atoms with Crippen LogP contribution < -0.4 is 5.32 Å². The molecule has 2 saturated heterocycles. The van der Waals surface area contributed by atoms with Crippen LogP contribution in [0.15, 0.2) is 24.3 Å². The predicted molar refractivity (Wildman–Crippen MR) is 103 cm³/mol. The lowest BCUT2D eigenvalue weighted by atomic mass is 9.83. The lowest BCUT2D eigenvalue weighted by Gasteiger charge is -2.40. The molecule has 5 nitrogen and oxygen atoms in total. The first kappa shape index (κ1) is 17.4. The summed E-state index contributed by atoms with van der Waals surface area (Å²) in [7, 11) is 2.15. The van der Waals surface area contributed by atoms with Gasteiger partial charge in [-0.15, -0.1) is 0 Å². The van der Waals surface area contributed by atoms with Gasteiger partial charge in [-0.3, -0.25) is 0 Å². The number of alkyl carbamates (subject to hydrolysis) is 1. The fourth-order valence-electron chi connectivity index (χ4n) is 4.82. The van der Waals surface area contributed by atoms with Crippen LogP contribution >= 0.6 is 0 Å². The summed E-state index contributed by atoms with van der Waals surface area (Å²) in [6.07, 6.45) is 3.62. The van der Waals surface area contributed by atoms with Gasteiger partial charge in [0.25, 0.3) is 0 Å². The van der Waals surface area contributed by atoms with Gasteiger partial charge < -0.3 is 19.5 Å². The Morgan fingerprint density at radius 2 is 2.00 bits per heavy atom. The quantitative estimate of drug-likeness (QED) is 0.914. The summed E-state index contributed by atoms with van der Waals surface area (Å²) in [6.45, 7) is 7.39. The Balaban J connectivity index is 1.42. The third kappa shape index (κ3) is 2.78. The lowest BCUT2D eigenvalue weighted by Crippen LogP contribution is -2.51. The normalized spacial score (nSPS) is 22.7. The number of benzene rings is 1. The number of ether oxygens (including phenoxy) is 1. The minimum absolute atomic E-state index is 0.164. The van der Waals surface area contributed by atoms with Crippen molar-refractivity contribution < 1.29 is 9.53 Å². The van der Waals surface area contributed by atoms with Crippen LogP contribution in [0.4, 0.5) is 4.79 Å². The second-order valence-electron chi connectivity index (χ2n) is 7.79. The van der Waals surface area contributed by atoms with E-state index < -0.39 is 0 Å². The summed E-state index contributed by atoms with van der Waals surface area (Å²) in [5, 5.41) is 4.36. The third-order valence-corrected chi connectivity index (χ3v) is 6.54. The van der Waals surface area contributed by atoms with Gasteiger partial charge in [-0.2, -0.15) is 0 Å². The lowest BCUT2D eigenvalue weighted by molar-refractivity contribution is -0.0188. The van der Waals surface area contributed by atoms with Gasteiger partial charge in [0.2, 0.25) is 0 Å². The van der Waals surface area contributed by atoms with Crippen molar-refractivity contribution in [2.75, 3.05) is 19.6 Å². The van der Waals surface area contributed by atoms with Crippen molar-refractivity contribution in [1.29, 1.82) is 0 Å². The van der Waals surface area contributed by atoms with Crippen LogP contribution in [0.3, 0.4) is 0 Å². The van der Waals surface area contributed by atoms with Crippen LogP contribution in [-0.2, 0) is 18.2 Å². The SMILES string of the molecule is CCC1NC(=O)OC12CCN(CCc1c(C)n(C)c3ccccc13)CC2. The first-order valence-electron chi connectivity index (χ1n) is 9.79. The second-order valence-corrected chi connectivity index (χ2v) is 7.79. The minimum atomic E-state index is -0.280. The van der Waals surface area contributed by atoms with Crippen LogP contribution in [0.1, 0.15) is 37.4 Å². The number of fused-ring (bicyclic) bond motifs is 1. The molecule has 2 aliphatic rings. The van der Waals surface area contributed by atoms with E-state index in [0.717, 1.165) is 45.3 Å². The molecular formula is C21H29N3O2. The fourth-order valence-corrected chi connectivity index (χ4v) is 4.82. The Bertz CT molecular complexity index is 818. The summed E-state index contributed by atoms with van der Waals surface area (Å²) in [5.74, 6) is 0. The van der Waals surface area contributed by atoms with Crippen LogP contribution in [0.2, 0.25) is 0 Å². The number of carbonyl (C=O) groups is 1. The van der Waals surface area contributed by atoms with E-state index in [9.17, 15) is 4.79 Å². The molecule has 1 spiro atoms. The van der Waals surface area contributed by atoms with Crippen molar-refractivity contribution >= 4 is 17.0 Å². The molecular weight excluding hydrogens is 326 g/mol. The number of carbonyl (C=O) groups excluding carboxylic acids is 1. The van der Waals surface area contributed by atoms with Gasteiger partial charge in [-0.05, 0) is 31.4 Å². The molecule has 2 fully saturated rings. The monoisotopic (exact) mass is 355 g/mol. The number of likely N-dealkylation sites (tertiary alicyclic amines) is 1.